The number of thiophene rings is 1. The minimum atomic E-state index is -0.592. The first-order valence-corrected chi connectivity index (χ1v) is 12.2. The average molecular weight is 493 g/mol. The number of carbonyl (C=O) groups excluding carboxylic acids is 3. The largest absolute Gasteiger partial charge is 0.455 e. The molecule has 1 saturated heterocycles. The van der Waals surface area contributed by atoms with Gasteiger partial charge in [-0.2, -0.15) is 0 Å². The molecule has 0 spiro atoms. The lowest BCUT2D eigenvalue weighted by atomic mass is 9.87. The molecule has 3 heterocycles. The summed E-state index contributed by atoms with van der Waals surface area (Å²) >= 11 is 1.49. The Labute approximate surface area is 206 Å². The Kier molecular flexibility index (Phi) is 6.41. The molecule has 2 amide bonds. The molecule has 1 aromatic heterocycles. The Morgan fingerprint density at radius 2 is 1.91 bits per heavy atom. The van der Waals surface area contributed by atoms with Crippen LogP contribution in [0.1, 0.15) is 29.3 Å². The maximum absolute atomic E-state index is 13.2. The van der Waals surface area contributed by atoms with E-state index < -0.39 is 30.4 Å². The third kappa shape index (κ3) is 4.85. The smallest absolute Gasteiger partial charge is 0.311 e. The molecule has 2 aliphatic rings. The van der Waals surface area contributed by atoms with Gasteiger partial charge >= 0.3 is 5.97 Å². The fourth-order valence-electron chi connectivity index (χ4n) is 4.35. The van der Waals surface area contributed by atoms with Crippen molar-refractivity contribution in [3.8, 4) is 11.5 Å². The predicted octanol–water partition coefficient (Wildman–Crippen LogP) is 4.45. The van der Waals surface area contributed by atoms with Gasteiger partial charge in [0, 0.05) is 28.7 Å². The molecule has 180 valence electrons. The van der Waals surface area contributed by atoms with Crippen molar-refractivity contribution in [1.82, 2.24) is 0 Å². The average Bonchev–Trinajstić information content (AvgIpc) is 3.55. The fraction of sp³-hybridized carbons (Fsp3) is 0.269. The number of nitrogens with one attached hydrogen (secondary N) is 1. The van der Waals surface area contributed by atoms with Crippen LogP contribution in [0.2, 0.25) is 0 Å². The molecule has 2 aliphatic heterocycles. The number of hydrogen-bond acceptors (Lipinski definition) is 7. The van der Waals surface area contributed by atoms with Crippen LogP contribution in [0.25, 0.3) is 0 Å². The number of benzene rings is 2. The van der Waals surface area contributed by atoms with Gasteiger partial charge in [0.25, 0.3) is 5.91 Å². The number of aryl methyl sites for hydroxylation is 1. The topological polar surface area (TPSA) is 94.2 Å². The van der Waals surface area contributed by atoms with Gasteiger partial charge in [-0.05, 0) is 49.1 Å². The van der Waals surface area contributed by atoms with Gasteiger partial charge in [0.15, 0.2) is 18.1 Å². The maximum Gasteiger partial charge on any atom is 0.311 e. The number of fused-ring (bicyclic) bond motifs is 1. The van der Waals surface area contributed by atoms with Gasteiger partial charge in [-0.3, -0.25) is 14.4 Å². The summed E-state index contributed by atoms with van der Waals surface area (Å²) in [6.07, 6.45) is 0.575. The van der Waals surface area contributed by atoms with E-state index in [0.29, 0.717) is 23.6 Å². The first kappa shape index (κ1) is 22.9. The molecule has 1 fully saturated rings. The molecule has 0 saturated carbocycles. The number of piperidine rings is 1. The third-order valence-corrected chi connectivity index (χ3v) is 6.99. The highest BCUT2D eigenvalue weighted by Gasteiger charge is 2.43. The van der Waals surface area contributed by atoms with E-state index in [1.807, 2.05) is 48.7 Å². The Hall–Kier alpha value is -3.85. The van der Waals surface area contributed by atoms with Crippen LogP contribution in [0.3, 0.4) is 0 Å². The molecular formula is C26H24N2O6S. The van der Waals surface area contributed by atoms with Gasteiger partial charge in [0.2, 0.25) is 12.7 Å². The molecule has 5 rings (SSSR count). The molecular weight excluding hydrogens is 468 g/mol. The molecule has 1 N–H and O–H groups in total. The minimum Gasteiger partial charge on any atom is -0.455 e. The second-order valence-corrected chi connectivity index (χ2v) is 9.41. The van der Waals surface area contributed by atoms with Crippen LogP contribution >= 0.6 is 11.3 Å². The molecule has 3 aromatic rings. The molecule has 9 heteroatoms. The number of nitrogens with zero attached hydrogens (tertiary/aromatic N) is 1. The normalized spacial score (nSPS) is 18.9. The van der Waals surface area contributed by atoms with Crippen molar-refractivity contribution in [2.24, 2.45) is 5.92 Å². The van der Waals surface area contributed by atoms with Gasteiger partial charge in [-0.1, -0.05) is 23.8 Å². The second-order valence-electron chi connectivity index (χ2n) is 8.43. The Morgan fingerprint density at radius 1 is 1.11 bits per heavy atom. The van der Waals surface area contributed by atoms with E-state index >= 15 is 0 Å². The Morgan fingerprint density at radius 3 is 2.69 bits per heavy atom. The van der Waals surface area contributed by atoms with Crippen LogP contribution in [0.5, 0.6) is 11.5 Å². The van der Waals surface area contributed by atoms with Crippen LogP contribution in [0.15, 0.2) is 60.0 Å². The zero-order valence-electron chi connectivity index (χ0n) is 19.1. The number of rotatable bonds is 6. The highest BCUT2D eigenvalue weighted by molar-refractivity contribution is 7.10. The van der Waals surface area contributed by atoms with Crippen molar-refractivity contribution in [2.45, 2.75) is 25.8 Å². The van der Waals surface area contributed by atoms with Crippen LogP contribution in [0, 0.1) is 12.8 Å². The third-order valence-electron chi connectivity index (χ3n) is 6.05. The maximum atomic E-state index is 13.2. The van der Waals surface area contributed by atoms with E-state index in [-0.39, 0.29) is 19.1 Å². The van der Waals surface area contributed by atoms with Gasteiger partial charge < -0.3 is 24.4 Å². The summed E-state index contributed by atoms with van der Waals surface area (Å²) in [5.41, 5.74) is 2.33. The fourth-order valence-corrected chi connectivity index (χ4v) is 5.23. The zero-order chi connectivity index (χ0) is 24.4. The minimum absolute atomic E-state index is 0.0446. The SMILES string of the molecule is Cc1ccc(N2C(=O)CCC(C(=O)OCC(=O)Nc3ccc4c(c3)OCO4)C2c2cccs2)cc1. The number of ether oxygens (including phenoxy) is 3. The summed E-state index contributed by atoms with van der Waals surface area (Å²) in [7, 11) is 0. The summed E-state index contributed by atoms with van der Waals surface area (Å²) in [5, 5.41) is 4.62. The van der Waals surface area contributed by atoms with Gasteiger partial charge in [0.1, 0.15) is 0 Å². The lowest BCUT2D eigenvalue weighted by Gasteiger charge is -2.39. The summed E-state index contributed by atoms with van der Waals surface area (Å²) in [4.78, 5) is 41.2. The van der Waals surface area contributed by atoms with E-state index in [9.17, 15) is 14.4 Å². The molecule has 35 heavy (non-hydrogen) atoms. The number of carbonyl (C=O) groups is 3. The molecule has 2 atom stereocenters. The van der Waals surface area contributed by atoms with Crippen LogP contribution < -0.4 is 19.7 Å². The van der Waals surface area contributed by atoms with E-state index in [4.69, 9.17) is 14.2 Å². The molecule has 2 aromatic carbocycles. The molecule has 0 radical (unpaired) electrons. The first-order valence-electron chi connectivity index (χ1n) is 11.3. The van der Waals surface area contributed by atoms with E-state index in [0.717, 1.165) is 16.1 Å². The summed E-state index contributed by atoms with van der Waals surface area (Å²) in [6.45, 7) is 1.69. The second kappa shape index (κ2) is 9.79. The Bertz CT molecular complexity index is 1240. The van der Waals surface area contributed by atoms with Crippen molar-refractivity contribution in [3.05, 3.63) is 70.4 Å². The molecule has 8 nitrogen and oxygen atoms in total. The number of anilines is 2. The summed E-state index contributed by atoms with van der Waals surface area (Å²) < 4.78 is 16.0. The lowest BCUT2D eigenvalue weighted by Crippen LogP contribution is -2.46. The molecule has 2 unspecified atom stereocenters. The van der Waals surface area contributed by atoms with E-state index in [1.54, 1.807) is 23.1 Å². The van der Waals surface area contributed by atoms with Crippen molar-refractivity contribution >= 4 is 40.5 Å². The van der Waals surface area contributed by atoms with E-state index in [2.05, 4.69) is 5.32 Å². The van der Waals surface area contributed by atoms with Gasteiger partial charge in [-0.15, -0.1) is 11.3 Å². The van der Waals surface area contributed by atoms with E-state index in [1.165, 1.54) is 11.3 Å². The quantitative estimate of drug-likeness (QED) is 0.511. The number of esters is 1. The van der Waals surface area contributed by atoms with Crippen molar-refractivity contribution < 1.29 is 28.6 Å². The lowest BCUT2D eigenvalue weighted by molar-refractivity contribution is -0.153. The van der Waals surface area contributed by atoms with Crippen LogP contribution in [-0.4, -0.2) is 31.2 Å². The summed E-state index contributed by atoms with van der Waals surface area (Å²) in [5.74, 6) is -0.454. The van der Waals surface area contributed by atoms with Gasteiger partial charge in [-0.25, -0.2) is 0 Å². The first-order chi connectivity index (χ1) is 17.0. The standard InChI is InChI=1S/C26H24N2O6S/c1-16-4-7-18(8-5-16)28-24(30)11-9-19(25(28)22-3-2-12-35-22)26(31)32-14-23(29)27-17-6-10-20-21(13-17)34-15-33-20/h2-8,10,12-13,19,25H,9,11,14-15H2,1H3,(H,27,29). The van der Waals surface area contributed by atoms with Crippen molar-refractivity contribution in [1.29, 1.82) is 0 Å². The highest BCUT2D eigenvalue weighted by atomic mass is 32.1. The predicted molar refractivity (Wildman–Crippen MR) is 131 cm³/mol. The zero-order valence-corrected chi connectivity index (χ0v) is 19.9. The van der Waals surface area contributed by atoms with Gasteiger partial charge in [0.05, 0.1) is 12.0 Å². The highest BCUT2D eigenvalue weighted by Crippen LogP contribution is 2.42. The number of hydrogen-bond donors (Lipinski definition) is 1. The van der Waals surface area contributed by atoms with Crippen LogP contribution in [-0.2, 0) is 19.1 Å². The molecule has 0 bridgehead atoms. The molecule has 0 aliphatic carbocycles. The monoisotopic (exact) mass is 492 g/mol. The van der Waals surface area contributed by atoms with Crippen LogP contribution in [0.4, 0.5) is 11.4 Å². The number of amides is 2. The van der Waals surface area contributed by atoms with Crippen molar-refractivity contribution in [2.75, 3.05) is 23.6 Å². The summed E-state index contributed by atoms with van der Waals surface area (Å²) in [6, 6.07) is 16.0. The van der Waals surface area contributed by atoms with Crippen molar-refractivity contribution in [3.63, 3.8) is 0 Å². The Balaban J connectivity index is 1.30.